The second-order valence-corrected chi connectivity index (χ2v) is 5.98. The lowest BCUT2D eigenvalue weighted by atomic mass is 10.2. The normalized spacial score (nSPS) is 10.2. The van der Waals surface area contributed by atoms with Crippen LogP contribution in [0.15, 0.2) is 35.7 Å². The number of amides is 2. The van der Waals surface area contributed by atoms with Gasteiger partial charge in [0.15, 0.2) is 0 Å². The number of aryl methyl sites for hydroxylation is 1. The SMILES string of the molecule is Cc1ccc(NC(=O)CNC(=O)Cc2cccs2)cc1Cl. The summed E-state index contributed by atoms with van der Waals surface area (Å²) in [4.78, 5) is 24.4. The molecule has 2 rings (SSSR count). The number of carbonyl (C=O) groups is 2. The summed E-state index contributed by atoms with van der Waals surface area (Å²) in [5, 5.41) is 7.78. The number of anilines is 1. The molecule has 1 aromatic heterocycles. The first kappa shape index (κ1) is 15.5. The van der Waals surface area contributed by atoms with Gasteiger partial charge in [0.2, 0.25) is 11.8 Å². The van der Waals surface area contributed by atoms with Gasteiger partial charge in [-0.15, -0.1) is 11.3 Å². The predicted molar refractivity (Wildman–Crippen MR) is 85.9 cm³/mol. The number of hydrogen-bond donors (Lipinski definition) is 2. The molecule has 0 aliphatic carbocycles. The third kappa shape index (κ3) is 4.88. The third-order valence-electron chi connectivity index (χ3n) is 2.82. The van der Waals surface area contributed by atoms with Crippen LogP contribution in [0.1, 0.15) is 10.4 Å². The molecule has 110 valence electrons. The molecule has 2 amide bonds. The van der Waals surface area contributed by atoms with Crippen molar-refractivity contribution in [2.24, 2.45) is 0 Å². The average molecular weight is 323 g/mol. The first-order valence-electron chi connectivity index (χ1n) is 6.39. The van der Waals surface area contributed by atoms with Gasteiger partial charge in [0.1, 0.15) is 0 Å². The quantitative estimate of drug-likeness (QED) is 0.889. The van der Waals surface area contributed by atoms with E-state index >= 15 is 0 Å². The van der Waals surface area contributed by atoms with Gasteiger partial charge in [-0.1, -0.05) is 23.7 Å². The second-order valence-electron chi connectivity index (χ2n) is 4.55. The zero-order valence-electron chi connectivity index (χ0n) is 11.5. The van der Waals surface area contributed by atoms with Crippen LogP contribution in [0.4, 0.5) is 5.69 Å². The van der Waals surface area contributed by atoms with E-state index in [-0.39, 0.29) is 18.4 Å². The molecule has 2 aromatic rings. The molecule has 0 saturated carbocycles. The van der Waals surface area contributed by atoms with Crippen molar-refractivity contribution in [2.75, 3.05) is 11.9 Å². The molecule has 0 unspecified atom stereocenters. The smallest absolute Gasteiger partial charge is 0.243 e. The minimum absolute atomic E-state index is 0.0598. The molecule has 0 aliphatic rings. The van der Waals surface area contributed by atoms with Crippen LogP contribution in [0.5, 0.6) is 0 Å². The van der Waals surface area contributed by atoms with Gasteiger partial charge >= 0.3 is 0 Å². The zero-order chi connectivity index (χ0) is 15.2. The lowest BCUT2D eigenvalue weighted by Crippen LogP contribution is -2.33. The molecule has 1 aromatic carbocycles. The Kier molecular flexibility index (Phi) is 5.36. The summed E-state index contributed by atoms with van der Waals surface area (Å²) in [5.41, 5.74) is 1.56. The van der Waals surface area contributed by atoms with Crippen molar-refractivity contribution >= 4 is 40.4 Å². The first-order valence-corrected chi connectivity index (χ1v) is 7.65. The van der Waals surface area contributed by atoms with Crippen molar-refractivity contribution in [3.05, 3.63) is 51.2 Å². The summed E-state index contributed by atoms with van der Waals surface area (Å²) in [5.74, 6) is -0.455. The van der Waals surface area contributed by atoms with Crippen molar-refractivity contribution in [1.82, 2.24) is 5.32 Å². The van der Waals surface area contributed by atoms with Crippen LogP contribution in [0.2, 0.25) is 5.02 Å². The van der Waals surface area contributed by atoms with Crippen LogP contribution < -0.4 is 10.6 Å². The third-order valence-corrected chi connectivity index (χ3v) is 4.10. The highest BCUT2D eigenvalue weighted by Crippen LogP contribution is 2.19. The number of rotatable bonds is 5. The van der Waals surface area contributed by atoms with Gasteiger partial charge in [-0.25, -0.2) is 0 Å². The van der Waals surface area contributed by atoms with Crippen molar-refractivity contribution in [1.29, 1.82) is 0 Å². The van der Waals surface area contributed by atoms with Crippen molar-refractivity contribution in [2.45, 2.75) is 13.3 Å². The van der Waals surface area contributed by atoms with E-state index in [9.17, 15) is 9.59 Å². The van der Waals surface area contributed by atoms with Gasteiger partial charge in [-0.3, -0.25) is 9.59 Å². The van der Waals surface area contributed by atoms with E-state index in [2.05, 4.69) is 10.6 Å². The molecular formula is C15H15ClN2O2S. The summed E-state index contributed by atoms with van der Waals surface area (Å²) >= 11 is 7.50. The van der Waals surface area contributed by atoms with Gasteiger partial charge in [-0.2, -0.15) is 0 Å². The number of carbonyl (C=O) groups excluding carboxylic acids is 2. The van der Waals surface area contributed by atoms with E-state index in [0.29, 0.717) is 17.1 Å². The lowest BCUT2D eigenvalue weighted by molar-refractivity contribution is -0.123. The largest absolute Gasteiger partial charge is 0.347 e. The van der Waals surface area contributed by atoms with E-state index in [4.69, 9.17) is 11.6 Å². The van der Waals surface area contributed by atoms with E-state index in [1.807, 2.05) is 30.5 Å². The van der Waals surface area contributed by atoms with E-state index < -0.39 is 0 Å². The molecule has 6 heteroatoms. The summed E-state index contributed by atoms with van der Waals surface area (Å²) in [6.07, 6.45) is 0.293. The van der Waals surface area contributed by atoms with Crippen LogP contribution in [0.25, 0.3) is 0 Å². The van der Waals surface area contributed by atoms with Crippen LogP contribution in [-0.2, 0) is 16.0 Å². The molecule has 21 heavy (non-hydrogen) atoms. The number of benzene rings is 1. The molecule has 0 atom stereocenters. The molecule has 0 fully saturated rings. The van der Waals surface area contributed by atoms with E-state index in [1.165, 1.54) is 11.3 Å². The molecule has 1 heterocycles. The summed E-state index contributed by atoms with van der Waals surface area (Å²) < 4.78 is 0. The molecule has 4 nitrogen and oxygen atoms in total. The maximum atomic E-state index is 11.7. The number of halogens is 1. The maximum absolute atomic E-state index is 11.7. The fraction of sp³-hybridized carbons (Fsp3) is 0.200. The Hall–Kier alpha value is -1.85. The van der Waals surface area contributed by atoms with Crippen LogP contribution in [0.3, 0.4) is 0 Å². The average Bonchev–Trinajstić information content (AvgIpc) is 2.93. The highest BCUT2D eigenvalue weighted by Gasteiger charge is 2.08. The van der Waals surface area contributed by atoms with Gasteiger partial charge in [0, 0.05) is 15.6 Å². The predicted octanol–water partition coefficient (Wildman–Crippen LogP) is 3.01. The minimum Gasteiger partial charge on any atom is -0.347 e. The summed E-state index contributed by atoms with van der Waals surface area (Å²) in [7, 11) is 0. The second kappa shape index (κ2) is 7.24. The number of nitrogens with one attached hydrogen (secondary N) is 2. The topological polar surface area (TPSA) is 58.2 Å². The molecule has 0 radical (unpaired) electrons. The van der Waals surface area contributed by atoms with Gasteiger partial charge in [-0.05, 0) is 36.1 Å². The van der Waals surface area contributed by atoms with Gasteiger partial charge < -0.3 is 10.6 Å². The number of hydrogen-bond acceptors (Lipinski definition) is 3. The van der Waals surface area contributed by atoms with Crippen molar-refractivity contribution in [3.8, 4) is 0 Å². The Labute approximate surface area is 132 Å². The number of thiophene rings is 1. The Morgan fingerprint density at radius 2 is 2.05 bits per heavy atom. The summed E-state index contributed by atoms with van der Waals surface area (Å²) in [6, 6.07) is 9.06. The Morgan fingerprint density at radius 3 is 2.71 bits per heavy atom. The molecule has 0 saturated heterocycles. The van der Waals surface area contributed by atoms with E-state index in [1.54, 1.807) is 12.1 Å². The Balaban J connectivity index is 1.79. The van der Waals surface area contributed by atoms with Gasteiger partial charge in [0.05, 0.1) is 13.0 Å². The molecule has 0 spiro atoms. The van der Waals surface area contributed by atoms with Gasteiger partial charge in [0.25, 0.3) is 0 Å². The fourth-order valence-electron chi connectivity index (χ4n) is 1.69. The van der Waals surface area contributed by atoms with E-state index in [0.717, 1.165) is 10.4 Å². The highest BCUT2D eigenvalue weighted by molar-refractivity contribution is 7.10. The fourth-order valence-corrected chi connectivity index (χ4v) is 2.57. The molecule has 0 aliphatic heterocycles. The van der Waals surface area contributed by atoms with Crippen LogP contribution in [0, 0.1) is 6.92 Å². The Bertz CT molecular complexity index is 641. The lowest BCUT2D eigenvalue weighted by Gasteiger charge is -2.08. The summed E-state index contributed by atoms with van der Waals surface area (Å²) in [6.45, 7) is 1.83. The Morgan fingerprint density at radius 1 is 1.24 bits per heavy atom. The van der Waals surface area contributed by atoms with Crippen LogP contribution >= 0.6 is 22.9 Å². The zero-order valence-corrected chi connectivity index (χ0v) is 13.1. The monoisotopic (exact) mass is 322 g/mol. The van der Waals surface area contributed by atoms with Crippen molar-refractivity contribution in [3.63, 3.8) is 0 Å². The highest BCUT2D eigenvalue weighted by atomic mass is 35.5. The van der Waals surface area contributed by atoms with Crippen molar-refractivity contribution < 1.29 is 9.59 Å². The standard InChI is InChI=1S/C15H15ClN2O2S/c1-10-4-5-11(7-13(10)16)18-15(20)9-17-14(19)8-12-3-2-6-21-12/h2-7H,8-9H2,1H3,(H,17,19)(H,18,20). The van der Waals surface area contributed by atoms with Crippen LogP contribution in [-0.4, -0.2) is 18.4 Å². The maximum Gasteiger partial charge on any atom is 0.243 e. The first-order chi connectivity index (χ1) is 10.0. The molecular weight excluding hydrogens is 308 g/mol. The molecule has 2 N–H and O–H groups in total. The molecule has 0 bridgehead atoms. The minimum atomic E-state index is -0.283.